The summed E-state index contributed by atoms with van der Waals surface area (Å²) < 4.78 is 30.2. The number of anilines is 1. The third-order valence-corrected chi connectivity index (χ3v) is 1.67. The Morgan fingerprint density at radius 1 is 1.47 bits per heavy atom. The van der Waals surface area contributed by atoms with Crippen LogP contribution in [0.4, 0.5) is 14.7 Å². The molecule has 0 aromatic carbocycles. The van der Waals surface area contributed by atoms with Gasteiger partial charge in [-0.25, -0.2) is 18.7 Å². The van der Waals surface area contributed by atoms with Gasteiger partial charge in [0.25, 0.3) is 5.92 Å². The average Bonchev–Trinajstić information content (AvgIpc) is 2.27. The molecule has 7 heteroatoms. The maximum Gasteiger partial charge on any atom is 0.277 e. The molecule has 0 spiro atoms. The summed E-state index contributed by atoms with van der Waals surface area (Å²) in [5, 5.41) is 2.38. The highest BCUT2D eigenvalue weighted by Crippen LogP contribution is 2.12. The molecular formula is C8H12F2N4O. The minimum Gasteiger partial charge on any atom is -0.494 e. The zero-order valence-corrected chi connectivity index (χ0v) is 8.20. The summed E-state index contributed by atoms with van der Waals surface area (Å²) in [5.74, 6) is -2.38. The fourth-order valence-electron chi connectivity index (χ4n) is 0.793. The Hall–Kier alpha value is -1.50. The Bertz CT molecular complexity index is 304. The molecule has 0 atom stereocenters. The highest BCUT2D eigenvalue weighted by Gasteiger charge is 2.26. The van der Waals surface area contributed by atoms with Gasteiger partial charge in [0, 0.05) is 0 Å². The number of rotatable bonds is 5. The van der Waals surface area contributed by atoms with Crippen LogP contribution in [0.5, 0.6) is 5.75 Å². The molecule has 1 heterocycles. The maximum atomic E-state index is 12.7. The lowest BCUT2D eigenvalue weighted by Gasteiger charge is -2.14. The molecular weight excluding hydrogens is 206 g/mol. The predicted molar refractivity (Wildman–Crippen MR) is 51.1 cm³/mol. The molecule has 0 amide bonds. The Morgan fingerprint density at radius 2 is 2.07 bits per heavy atom. The predicted octanol–water partition coefficient (Wildman–Crippen LogP) is 0.491. The lowest BCUT2D eigenvalue weighted by Crippen LogP contribution is -2.35. The largest absolute Gasteiger partial charge is 0.494 e. The van der Waals surface area contributed by atoms with Crippen molar-refractivity contribution in [1.29, 1.82) is 0 Å². The third-order valence-electron chi connectivity index (χ3n) is 1.67. The lowest BCUT2D eigenvalue weighted by molar-refractivity contribution is 0.0252. The van der Waals surface area contributed by atoms with E-state index in [2.05, 4.69) is 15.3 Å². The van der Waals surface area contributed by atoms with E-state index in [-0.39, 0.29) is 5.95 Å². The van der Waals surface area contributed by atoms with Crippen LogP contribution in [0.2, 0.25) is 0 Å². The number of hydrogen-bond acceptors (Lipinski definition) is 5. The minimum absolute atomic E-state index is 0.115. The summed E-state index contributed by atoms with van der Waals surface area (Å²) in [4.78, 5) is 7.53. The van der Waals surface area contributed by atoms with Gasteiger partial charge in [-0.1, -0.05) is 0 Å². The number of aromatic nitrogens is 2. The van der Waals surface area contributed by atoms with Gasteiger partial charge in [0.05, 0.1) is 32.6 Å². The topological polar surface area (TPSA) is 73.1 Å². The van der Waals surface area contributed by atoms with E-state index < -0.39 is 19.0 Å². The van der Waals surface area contributed by atoms with Crippen molar-refractivity contribution in [3.05, 3.63) is 12.4 Å². The summed E-state index contributed by atoms with van der Waals surface area (Å²) >= 11 is 0. The first-order chi connectivity index (χ1) is 7.07. The Morgan fingerprint density at radius 3 is 2.53 bits per heavy atom. The van der Waals surface area contributed by atoms with E-state index in [1.807, 2.05) is 0 Å². The fraction of sp³-hybridized carbons (Fsp3) is 0.500. The van der Waals surface area contributed by atoms with Gasteiger partial charge in [-0.3, -0.25) is 0 Å². The summed E-state index contributed by atoms with van der Waals surface area (Å²) in [5.41, 5.74) is 4.87. The molecule has 0 unspecified atom stereocenters. The van der Waals surface area contributed by atoms with Crippen LogP contribution >= 0.6 is 0 Å². The maximum absolute atomic E-state index is 12.7. The van der Waals surface area contributed by atoms with Gasteiger partial charge in [-0.05, 0) is 0 Å². The molecule has 0 saturated carbocycles. The van der Waals surface area contributed by atoms with E-state index in [0.29, 0.717) is 5.75 Å². The molecule has 0 aliphatic rings. The second-order valence-corrected chi connectivity index (χ2v) is 2.86. The van der Waals surface area contributed by atoms with Crippen LogP contribution in [0.3, 0.4) is 0 Å². The van der Waals surface area contributed by atoms with E-state index in [1.165, 1.54) is 19.5 Å². The van der Waals surface area contributed by atoms with Crippen LogP contribution in [-0.2, 0) is 0 Å². The number of nitrogens with zero attached hydrogens (tertiary/aromatic N) is 2. The van der Waals surface area contributed by atoms with Gasteiger partial charge in [0.2, 0.25) is 5.95 Å². The van der Waals surface area contributed by atoms with Crippen molar-refractivity contribution in [1.82, 2.24) is 9.97 Å². The van der Waals surface area contributed by atoms with Crippen molar-refractivity contribution in [3.63, 3.8) is 0 Å². The van der Waals surface area contributed by atoms with Crippen LogP contribution in [0, 0.1) is 0 Å². The fourth-order valence-corrected chi connectivity index (χ4v) is 0.793. The van der Waals surface area contributed by atoms with Gasteiger partial charge < -0.3 is 15.8 Å². The van der Waals surface area contributed by atoms with Crippen LogP contribution in [0.25, 0.3) is 0 Å². The van der Waals surface area contributed by atoms with Gasteiger partial charge in [0.1, 0.15) is 0 Å². The van der Waals surface area contributed by atoms with Crippen molar-refractivity contribution in [2.45, 2.75) is 5.92 Å². The molecule has 0 bridgehead atoms. The first-order valence-electron chi connectivity index (χ1n) is 4.25. The number of halogens is 2. The molecule has 0 aliphatic heterocycles. The lowest BCUT2D eigenvalue weighted by atomic mass is 10.3. The molecule has 0 saturated heterocycles. The molecule has 3 N–H and O–H groups in total. The molecule has 0 radical (unpaired) electrons. The molecule has 84 valence electrons. The van der Waals surface area contributed by atoms with Crippen molar-refractivity contribution in [3.8, 4) is 5.75 Å². The number of alkyl halides is 2. The third kappa shape index (κ3) is 3.62. The monoisotopic (exact) mass is 218 g/mol. The highest BCUT2D eigenvalue weighted by molar-refractivity contribution is 5.27. The first kappa shape index (κ1) is 11.6. The normalized spacial score (nSPS) is 11.2. The van der Waals surface area contributed by atoms with E-state index >= 15 is 0 Å². The standard InChI is InChI=1S/C8H12F2N4O/c1-15-6-2-12-7(13-3-6)14-5-8(9,10)4-11/h2-3H,4-5,11H2,1H3,(H,12,13,14). The summed E-state index contributed by atoms with van der Waals surface area (Å²) in [6.45, 7) is -1.30. The summed E-state index contributed by atoms with van der Waals surface area (Å²) in [7, 11) is 1.47. The van der Waals surface area contributed by atoms with E-state index in [1.54, 1.807) is 0 Å². The second-order valence-electron chi connectivity index (χ2n) is 2.86. The molecule has 1 aromatic rings. The highest BCUT2D eigenvalue weighted by atomic mass is 19.3. The van der Waals surface area contributed by atoms with Gasteiger partial charge in [-0.15, -0.1) is 0 Å². The molecule has 15 heavy (non-hydrogen) atoms. The number of nitrogens with two attached hydrogens (primary N) is 1. The van der Waals surface area contributed by atoms with Crippen LogP contribution < -0.4 is 15.8 Å². The van der Waals surface area contributed by atoms with Gasteiger partial charge >= 0.3 is 0 Å². The number of nitrogens with one attached hydrogen (secondary N) is 1. The quantitative estimate of drug-likeness (QED) is 0.752. The number of methoxy groups -OCH3 is 1. The molecule has 0 fully saturated rings. The Labute approximate surface area is 85.7 Å². The van der Waals surface area contributed by atoms with Crippen LogP contribution in [-0.4, -0.2) is 36.1 Å². The summed E-state index contributed by atoms with van der Waals surface area (Å²) in [6.07, 6.45) is 2.77. The Kier molecular flexibility index (Phi) is 3.73. The van der Waals surface area contributed by atoms with Crippen molar-refractivity contribution in [2.24, 2.45) is 5.73 Å². The minimum atomic E-state index is -2.96. The number of ether oxygens (including phenoxy) is 1. The second kappa shape index (κ2) is 4.83. The van der Waals surface area contributed by atoms with E-state index in [0.717, 1.165) is 0 Å². The van der Waals surface area contributed by atoms with Gasteiger partial charge in [0.15, 0.2) is 5.75 Å². The van der Waals surface area contributed by atoms with Crippen LogP contribution in [0.1, 0.15) is 0 Å². The molecule has 0 aliphatic carbocycles. The number of hydrogen-bond donors (Lipinski definition) is 2. The zero-order chi connectivity index (χ0) is 11.3. The van der Waals surface area contributed by atoms with Crippen molar-refractivity contribution >= 4 is 5.95 Å². The average molecular weight is 218 g/mol. The summed E-state index contributed by atoms with van der Waals surface area (Å²) in [6, 6.07) is 0. The molecule has 5 nitrogen and oxygen atoms in total. The van der Waals surface area contributed by atoms with Crippen molar-refractivity contribution in [2.75, 3.05) is 25.5 Å². The van der Waals surface area contributed by atoms with Gasteiger partial charge in [-0.2, -0.15) is 0 Å². The molecule has 1 rings (SSSR count). The van der Waals surface area contributed by atoms with E-state index in [4.69, 9.17) is 10.5 Å². The van der Waals surface area contributed by atoms with Crippen LogP contribution in [0.15, 0.2) is 12.4 Å². The first-order valence-corrected chi connectivity index (χ1v) is 4.25. The Balaban J connectivity index is 2.51. The SMILES string of the molecule is COc1cnc(NCC(F)(F)CN)nc1. The van der Waals surface area contributed by atoms with E-state index in [9.17, 15) is 8.78 Å². The zero-order valence-electron chi connectivity index (χ0n) is 8.20. The smallest absolute Gasteiger partial charge is 0.277 e. The molecule has 1 aromatic heterocycles. The van der Waals surface area contributed by atoms with Crippen molar-refractivity contribution < 1.29 is 13.5 Å².